The Hall–Kier alpha value is -0.0151. The van der Waals surface area contributed by atoms with Crippen LogP contribution in [0.2, 0.25) is 11.6 Å². The van der Waals surface area contributed by atoms with E-state index in [2.05, 4.69) is 7.28 Å². The summed E-state index contributed by atoms with van der Waals surface area (Å²) in [6.45, 7) is 2.20. The molecule has 0 aromatic rings. The molecule has 1 unspecified atom stereocenters. The second-order valence-corrected chi connectivity index (χ2v) is 4.03. The summed E-state index contributed by atoms with van der Waals surface area (Å²) in [5.41, 5.74) is 0. The summed E-state index contributed by atoms with van der Waals surface area (Å²) in [5, 5.41) is 2.54. The highest BCUT2D eigenvalue weighted by Gasteiger charge is 2.39. The molecule has 2 aliphatic rings. The molecule has 2 rings (SSSR count). The summed E-state index contributed by atoms with van der Waals surface area (Å²) < 4.78 is 0. The van der Waals surface area contributed by atoms with E-state index in [4.69, 9.17) is 5.84 Å². The molecule has 3 heteroatoms. The molecule has 0 bridgehead atoms. The monoisotopic (exact) mass is 151 g/mol. The lowest BCUT2D eigenvalue weighted by atomic mass is 9.36. The summed E-state index contributed by atoms with van der Waals surface area (Å²) in [6, 6.07) is 0. The Bertz CT molecular complexity index is 145. The summed E-state index contributed by atoms with van der Waals surface area (Å²) in [7, 11) is 2.47. The molecule has 1 atom stereocenters. The zero-order chi connectivity index (χ0) is 7.73. The van der Waals surface area contributed by atoms with Gasteiger partial charge in [0, 0.05) is 13.1 Å². The van der Waals surface area contributed by atoms with E-state index in [1.165, 1.54) is 32.0 Å². The van der Waals surface area contributed by atoms with Crippen molar-refractivity contribution in [2.24, 2.45) is 5.84 Å². The zero-order valence-electron chi connectivity index (χ0n) is 7.05. The van der Waals surface area contributed by atoms with E-state index >= 15 is 0 Å². The van der Waals surface area contributed by atoms with Gasteiger partial charge in [-0.2, -0.15) is 0 Å². The van der Waals surface area contributed by atoms with Gasteiger partial charge in [0.25, 0.3) is 0 Å². The molecular formula is C8H16BN2. The van der Waals surface area contributed by atoms with Crippen molar-refractivity contribution in [3.63, 3.8) is 0 Å². The van der Waals surface area contributed by atoms with Crippen molar-refractivity contribution in [3.8, 4) is 0 Å². The molecule has 2 heterocycles. The van der Waals surface area contributed by atoms with E-state index in [1.54, 1.807) is 0 Å². The molecule has 0 aliphatic carbocycles. The van der Waals surface area contributed by atoms with Gasteiger partial charge < -0.3 is 0 Å². The molecule has 0 amide bonds. The lowest BCUT2D eigenvalue weighted by Crippen LogP contribution is -2.43. The normalized spacial score (nSPS) is 39.4. The van der Waals surface area contributed by atoms with E-state index in [0.717, 1.165) is 13.1 Å². The average molecular weight is 151 g/mol. The molecule has 2 fully saturated rings. The number of nitrogens with zero attached hydrogens (tertiary/aromatic N) is 1. The Morgan fingerprint density at radius 3 is 2.73 bits per heavy atom. The number of hydrazine groups is 1. The van der Waals surface area contributed by atoms with E-state index in [9.17, 15) is 0 Å². The van der Waals surface area contributed by atoms with Crippen LogP contribution in [0.1, 0.15) is 25.7 Å². The molecule has 61 valence electrons. The first-order valence-corrected chi connectivity index (χ1v) is 4.65. The van der Waals surface area contributed by atoms with Crippen LogP contribution in [0.25, 0.3) is 0 Å². The van der Waals surface area contributed by atoms with Crippen LogP contribution < -0.4 is 5.84 Å². The minimum atomic E-state index is 0.533. The molecule has 2 saturated heterocycles. The molecule has 0 aromatic carbocycles. The topological polar surface area (TPSA) is 29.3 Å². The predicted octanol–water partition coefficient (Wildman–Crippen LogP) is 1.03. The van der Waals surface area contributed by atoms with E-state index in [-0.39, 0.29) is 0 Å². The molecule has 11 heavy (non-hydrogen) atoms. The molecule has 0 aromatic heterocycles. The second kappa shape index (κ2) is 2.79. The molecule has 0 saturated carbocycles. The van der Waals surface area contributed by atoms with Gasteiger partial charge in [-0.15, -0.1) is 0 Å². The van der Waals surface area contributed by atoms with Crippen molar-refractivity contribution in [3.05, 3.63) is 0 Å². The lowest BCUT2D eigenvalue weighted by Gasteiger charge is -2.42. The van der Waals surface area contributed by atoms with Gasteiger partial charge in [-0.25, -0.2) is 5.01 Å². The number of nitrogens with two attached hydrogens (primary N) is 1. The standard InChI is InChI=1S/C8H16BN2/c10-11-6-2-1-3-8(7-11)4-5-9-8/h1-7,10H2. The smallest absolute Gasteiger partial charge is 0.119 e. The Balaban J connectivity index is 1.97. The van der Waals surface area contributed by atoms with Gasteiger partial charge in [0.15, 0.2) is 0 Å². The predicted molar refractivity (Wildman–Crippen MR) is 47.5 cm³/mol. The summed E-state index contributed by atoms with van der Waals surface area (Å²) in [5.74, 6) is 5.83. The largest absolute Gasteiger partial charge is 0.269 e. The van der Waals surface area contributed by atoms with Gasteiger partial charge in [0.05, 0.1) is 0 Å². The highest BCUT2D eigenvalue weighted by molar-refractivity contribution is 6.44. The molecule has 2 nitrogen and oxygen atoms in total. The van der Waals surface area contributed by atoms with Crippen LogP contribution >= 0.6 is 0 Å². The van der Waals surface area contributed by atoms with Crippen molar-refractivity contribution >= 4 is 7.28 Å². The molecular weight excluding hydrogens is 135 g/mol. The van der Waals surface area contributed by atoms with Crippen molar-refractivity contribution in [1.82, 2.24) is 5.01 Å². The second-order valence-electron chi connectivity index (χ2n) is 4.03. The molecule has 2 N–H and O–H groups in total. The highest BCUT2D eigenvalue weighted by Crippen LogP contribution is 2.47. The van der Waals surface area contributed by atoms with Gasteiger partial charge in [-0.1, -0.05) is 25.6 Å². The third-order valence-electron chi connectivity index (χ3n) is 3.11. The van der Waals surface area contributed by atoms with Crippen molar-refractivity contribution in [2.45, 2.75) is 37.3 Å². The third-order valence-corrected chi connectivity index (χ3v) is 3.11. The first-order valence-electron chi connectivity index (χ1n) is 4.65. The summed E-state index contributed by atoms with van der Waals surface area (Å²) in [4.78, 5) is 0. The first-order chi connectivity index (χ1) is 5.31. The maximum atomic E-state index is 5.83. The van der Waals surface area contributed by atoms with Gasteiger partial charge in [0.1, 0.15) is 7.28 Å². The van der Waals surface area contributed by atoms with Crippen molar-refractivity contribution < 1.29 is 0 Å². The van der Waals surface area contributed by atoms with Crippen molar-refractivity contribution in [1.29, 1.82) is 0 Å². The van der Waals surface area contributed by atoms with Gasteiger partial charge in [0.2, 0.25) is 0 Å². The summed E-state index contributed by atoms with van der Waals surface area (Å²) in [6.07, 6.45) is 6.71. The van der Waals surface area contributed by atoms with Crippen LogP contribution in [0.15, 0.2) is 0 Å². The summed E-state index contributed by atoms with van der Waals surface area (Å²) >= 11 is 0. The maximum Gasteiger partial charge on any atom is 0.119 e. The SMILES string of the molecule is NN1CCCCC2([B]CC2)C1. The fourth-order valence-electron chi connectivity index (χ4n) is 2.28. The highest BCUT2D eigenvalue weighted by atomic mass is 15.4. The number of rotatable bonds is 0. The van der Waals surface area contributed by atoms with Gasteiger partial charge >= 0.3 is 0 Å². The van der Waals surface area contributed by atoms with Gasteiger partial charge in [-0.3, -0.25) is 5.84 Å². The van der Waals surface area contributed by atoms with E-state index in [1.807, 2.05) is 5.01 Å². The quantitative estimate of drug-likeness (QED) is 0.413. The Kier molecular flexibility index (Phi) is 1.94. The first kappa shape index (κ1) is 7.62. The van der Waals surface area contributed by atoms with Crippen molar-refractivity contribution in [2.75, 3.05) is 13.1 Å². The Morgan fingerprint density at radius 1 is 1.27 bits per heavy atom. The van der Waals surface area contributed by atoms with Crippen LogP contribution in [0.4, 0.5) is 0 Å². The fraction of sp³-hybridized carbons (Fsp3) is 1.00. The van der Waals surface area contributed by atoms with E-state index < -0.39 is 0 Å². The van der Waals surface area contributed by atoms with Gasteiger partial charge in [-0.05, 0) is 11.7 Å². The van der Waals surface area contributed by atoms with E-state index in [0.29, 0.717) is 5.31 Å². The minimum Gasteiger partial charge on any atom is -0.269 e. The number of hydrogen-bond acceptors (Lipinski definition) is 2. The Labute approximate surface area is 69.3 Å². The van der Waals surface area contributed by atoms with Crippen LogP contribution in [0.3, 0.4) is 0 Å². The Morgan fingerprint density at radius 2 is 2.09 bits per heavy atom. The average Bonchev–Trinajstić information content (AvgIpc) is 2.09. The zero-order valence-corrected chi connectivity index (χ0v) is 7.05. The van der Waals surface area contributed by atoms with Crippen LogP contribution in [-0.2, 0) is 0 Å². The van der Waals surface area contributed by atoms with Crippen LogP contribution in [0, 0.1) is 0 Å². The molecule has 1 spiro atoms. The van der Waals surface area contributed by atoms with Crippen LogP contribution in [0.5, 0.6) is 0 Å². The molecule has 1 radical (unpaired) electrons. The fourth-order valence-corrected chi connectivity index (χ4v) is 2.28. The minimum absolute atomic E-state index is 0.533. The lowest BCUT2D eigenvalue weighted by molar-refractivity contribution is 0.250. The third kappa shape index (κ3) is 1.45. The molecule has 2 aliphatic heterocycles. The van der Waals surface area contributed by atoms with Crippen LogP contribution in [-0.4, -0.2) is 25.4 Å². The number of hydrogen-bond donors (Lipinski definition) is 1. The maximum absolute atomic E-state index is 5.83.